The summed E-state index contributed by atoms with van der Waals surface area (Å²) in [6.07, 6.45) is -0.683. The number of nitrogens with zero attached hydrogens (tertiary/aromatic N) is 1. The third-order valence-corrected chi connectivity index (χ3v) is 5.90. The quantitative estimate of drug-likeness (QED) is 0.765. The number of ether oxygens (including phenoxy) is 1. The summed E-state index contributed by atoms with van der Waals surface area (Å²) in [7, 11) is -3.99. The fraction of sp³-hybridized carbons (Fsp3) is 0.467. The summed E-state index contributed by atoms with van der Waals surface area (Å²) in [6.45, 7) is 1.39. The van der Waals surface area contributed by atoms with E-state index in [1.807, 2.05) is 0 Å². The summed E-state index contributed by atoms with van der Waals surface area (Å²) in [5, 5.41) is 0. The summed E-state index contributed by atoms with van der Waals surface area (Å²) in [5.41, 5.74) is 5.02. The van der Waals surface area contributed by atoms with Gasteiger partial charge in [-0.05, 0) is 38.0 Å². The summed E-state index contributed by atoms with van der Waals surface area (Å²) in [6, 6.07) is 2.36. The van der Waals surface area contributed by atoms with Crippen LogP contribution in [0.15, 0.2) is 23.1 Å². The number of benzene rings is 1. The molecule has 138 valence electrons. The Morgan fingerprint density at radius 3 is 2.36 bits per heavy atom. The Hall–Kier alpha value is -2.07. The van der Waals surface area contributed by atoms with E-state index in [-0.39, 0.29) is 30.8 Å². The smallest absolute Gasteiger partial charge is 0.309 e. The number of piperidine rings is 1. The van der Waals surface area contributed by atoms with Crippen molar-refractivity contribution in [3.8, 4) is 0 Å². The third-order valence-electron chi connectivity index (χ3n) is 4.01. The van der Waals surface area contributed by atoms with Crippen molar-refractivity contribution < 1.29 is 31.5 Å². The van der Waals surface area contributed by atoms with Crippen LogP contribution in [0.2, 0.25) is 0 Å². The van der Waals surface area contributed by atoms with Gasteiger partial charge in [-0.3, -0.25) is 9.59 Å². The van der Waals surface area contributed by atoms with Crippen LogP contribution in [0.4, 0.5) is 8.78 Å². The molecule has 25 heavy (non-hydrogen) atoms. The lowest BCUT2D eigenvalue weighted by molar-refractivity contribution is -0.159. The van der Waals surface area contributed by atoms with E-state index in [4.69, 9.17) is 10.5 Å². The number of amides is 1. The number of carbonyl (C=O) groups excluding carboxylic acids is 2. The standard InChI is InChI=1S/C15H18F2N2O5S/c1-9(14(18)20)24-15(21)10-4-6-19(7-5-10)25(22,23)11-2-3-12(16)13(17)8-11/h2-3,8-10H,4-7H2,1H3,(H2,18,20)/t9-/m0/s1. The highest BCUT2D eigenvalue weighted by Crippen LogP contribution is 2.25. The molecule has 0 bridgehead atoms. The molecule has 1 aromatic rings. The van der Waals surface area contributed by atoms with Crippen LogP contribution in [0.25, 0.3) is 0 Å². The van der Waals surface area contributed by atoms with Crippen molar-refractivity contribution in [1.29, 1.82) is 0 Å². The molecule has 1 aliphatic heterocycles. The van der Waals surface area contributed by atoms with Crippen LogP contribution in [-0.4, -0.2) is 43.8 Å². The number of nitrogens with two attached hydrogens (primary N) is 1. The van der Waals surface area contributed by atoms with Gasteiger partial charge >= 0.3 is 5.97 Å². The minimum Gasteiger partial charge on any atom is -0.452 e. The number of halogens is 2. The molecule has 0 radical (unpaired) electrons. The maximum atomic E-state index is 13.3. The molecule has 1 fully saturated rings. The normalized spacial score (nSPS) is 17.9. The third kappa shape index (κ3) is 4.31. The summed E-state index contributed by atoms with van der Waals surface area (Å²) >= 11 is 0. The molecule has 1 amide bonds. The molecule has 1 heterocycles. The van der Waals surface area contributed by atoms with Crippen LogP contribution >= 0.6 is 0 Å². The molecule has 0 unspecified atom stereocenters. The first-order valence-electron chi connectivity index (χ1n) is 7.58. The van der Waals surface area contributed by atoms with E-state index in [0.29, 0.717) is 6.07 Å². The van der Waals surface area contributed by atoms with Crippen LogP contribution in [-0.2, 0) is 24.3 Å². The predicted molar refractivity (Wildman–Crippen MR) is 82.6 cm³/mol. The van der Waals surface area contributed by atoms with Gasteiger partial charge in [0.1, 0.15) is 0 Å². The van der Waals surface area contributed by atoms with E-state index < -0.39 is 45.6 Å². The highest BCUT2D eigenvalue weighted by molar-refractivity contribution is 7.89. The molecule has 10 heteroatoms. The highest BCUT2D eigenvalue weighted by atomic mass is 32.2. The van der Waals surface area contributed by atoms with Gasteiger partial charge in [-0.15, -0.1) is 0 Å². The van der Waals surface area contributed by atoms with Crippen molar-refractivity contribution in [2.24, 2.45) is 11.7 Å². The zero-order valence-electron chi connectivity index (χ0n) is 13.4. The van der Waals surface area contributed by atoms with Gasteiger partial charge in [-0.25, -0.2) is 17.2 Å². The lowest BCUT2D eigenvalue weighted by atomic mass is 9.98. The fourth-order valence-electron chi connectivity index (χ4n) is 2.45. The Balaban J connectivity index is 2.02. The lowest BCUT2D eigenvalue weighted by Gasteiger charge is -2.30. The minimum atomic E-state index is -3.99. The summed E-state index contributed by atoms with van der Waals surface area (Å²) in [5.74, 6) is -4.33. The lowest BCUT2D eigenvalue weighted by Crippen LogP contribution is -2.41. The van der Waals surface area contributed by atoms with Gasteiger partial charge in [0.05, 0.1) is 10.8 Å². The number of primary amides is 1. The first-order valence-corrected chi connectivity index (χ1v) is 9.02. The van der Waals surface area contributed by atoms with Crippen molar-refractivity contribution in [2.75, 3.05) is 13.1 Å². The van der Waals surface area contributed by atoms with Crippen molar-refractivity contribution >= 4 is 21.9 Å². The van der Waals surface area contributed by atoms with E-state index in [1.165, 1.54) is 6.92 Å². The van der Waals surface area contributed by atoms with Gasteiger partial charge < -0.3 is 10.5 Å². The molecule has 1 aliphatic rings. The Bertz CT molecular complexity index is 776. The summed E-state index contributed by atoms with van der Waals surface area (Å²) in [4.78, 5) is 22.5. The second-order valence-electron chi connectivity index (χ2n) is 5.74. The zero-order valence-corrected chi connectivity index (χ0v) is 14.3. The van der Waals surface area contributed by atoms with Crippen LogP contribution in [0, 0.1) is 17.6 Å². The average Bonchev–Trinajstić information content (AvgIpc) is 2.57. The molecular weight excluding hydrogens is 358 g/mol. The molecule has 2 N–H and O–H groups in total. The van der Waals surface area contributed by atoms with Gasteiger partial charge in [0.15, 0.2) is 17.7 Å². The maximum absolute atomic E-state index is 13.3. The van der Waals surface area contributed by atoms with E-state index in [0.717, 1.165) is 16.4 Å². The largest absolute Gasteiger partial charge is 0.452 e. The first kappa shape index (κ1) is 19.3. The fourth-order valence-corrected chi connectivity index (χ4v) is 3.93. The molecule has 1 atom stereocenters. The topological polar surface area (TPSA) is 107 Å². The van der Waals surface area contributed by atoms with Gasteiger partial charge in [0, 0.05) is 13.1 Å². The highest BCUT2D eigenvalue weighted by Gasteiger charge is 2.34. The van der Waals surface area contributed by atoms with Gasteiger partial charge in [0.2, 0.25) is 10.0 Å². The molecule has 2 rings (SSSR count). The molecule has 0 spiro atoms. The van der Waals surface area contributed by atoms with E-state index >= 15 is 0 Å². The molecule has 0 aromatic heterocycles. The first-order chi connectivity index (χ1) is 11.6. The number of carbonyl (C=O) groups is 2. The van der Waals surface area contributed by atoms with Crippen molar-refractivity contribution in [1.82, 2.24) is 4.31 Å². The Morgan fingerprint density at radius 1 is 1.24 bits per heavy atom. The number of hydrogen-bond donors (Lipinski definition) is 1. The number of esters is 1. The van der Waals surface area contributed by atoms with E-state index in [2.05, 4.69) is 0 Å². The van der Waals surface area contributed by atoms with Gasteiger partial charge in [-0.1, -0.05) is 0 Å². The molecule has 0 aliphatic carbocycles. The van der Waals surface area contributed by atoms with Crippen LogP contribution in [0.5, 0.6) is 0 Å². The summed E-state index contributed by atoms with van der Waals surface area (Å²) < 4.78 is 57.2. The Labute approximate surface area is 143 Å². The Morgan fingerprint density at radius 2 is 1.84 bits per heavy atom. The minimum absolute atomic E-state index is 0.0199. The van der Waals surface area contributed by atoms with Gasteiger partial charge in [0.25, 0.3) is 5.91 Å². The SMILES string of the molecule is C[C@H](OC(=O)C1CCN(S(=O)(=O)c2ccc(F)c(F)c2)CC1)C(N)=O. The van der Waals surface area contributed by atoms with Crippen molar-refractivity contribution in [3.63, 3.8) is 0 Å². The molecule has 1 saturated heterocycles. The molecular formula is C15H18F2N2O5S. The van der Waals surface area contributed by atoms with Gasteiger partial charge in [-0.2, -0.15) is 4.31 Å². The van der Waals surface area contributed by atoms with Crippen molar-refractivity contribution in [3.05, 3.63) is 29.8 Å². The number of hydrogen-bond acceptors (Lipinski definition) is 5. The molecule has 0 saturated carbocycles. The van der Waals surface area contributed by atoms with E-state index in [1.54, 1.807) is 0 Å². The number of rotatable bonds is 5. The zero-order chi connectivity index (χ0) is 18.8. The van der Waals surface area contributed by atoms with Crippen LogP contribution < -0.4 is 5.73 Å². The monoisotopic (exact) mass is 376 g/mol. The number of sulfonamides is 1. The second kappa shape index (κ2) is 7.44. The van der Waals surface area contributed by atoms with Crippen LogP contribution in [0.3, 0.4) is 0 Å². The van der Waals surface area contributed by atoms with E-state index in [9.17, 15) is 26.8 Å². The average molecular weight is 376 g/mol. The molecule has 7 nitrogen and oxygen atoms in total. The molecule has 1 aromatic carbocycles. The predicted octanol–water partition coefficient (Wildman–Crippen LogP) is 0.782. The second-order valence-corrected chi connectivity index (χ2v) is 7.67. The maximum Gasteiger partial charge on any atom is 0.309 e. The Kier molecular flexibility index (Phi) is 5.73. The van der Waals surface area contributed by atoms with Crippen LogP contribution in [0.1, 0.15) is 19.8 Å². The van der Waals surface area contributed by atoms with Crippen molar-refractivity contribution in [2.45, 2.75) is 30.8 Å².